The summed E-state index contributed by atoms with van der Waals surface area (Å²) in [5.41, 5.74) is 4.01. The van der Waals surface area contributed by atoms with Gasteiger partial charge in [0, 0.05) is 34.8 Å². The van der Waals surface area contributed by atoms with Crippen molar-refractivity contribution in [3.8, 4) is 16.3 Å². The van der Waals surface area contributed by atoms with Crippen LogP contribution in [0.25, 0.3) is 20.8 Å². The number of nitrogens with one attached hydrogen (secondary N) is 2. The van der Waals surface area contributed by atoms with Crippen LogP contribution in [0.4, 0.5) is 10.7 Å². The van der Waals surface area contributed by atoms with Gasteiger partial charge in [-0.1, -0.05) is 19.1 Å². The fraction of sp³-hybridized carbons (Fsp3) is 0.200. The lowest BCUT2D eigenvalue weighted by Crippen LogP contribution is -2.29. The predicted octanol–water partition coefficient (Wildman–Crippen LogP) is 6.89. The Morgan fingerprint density at radius 2 is 1.76 bits per heavy atom. The van der Waals surface area contributed by atoms with Gasteiger partial charge in [-0.05, 0) is 79.2 Å². The largest absolute Gasteiger partial charge is 0.497 e. The molecular formula is C30H29ClN4O4S3. The maximum atomic E-state index is 13.4. The van der Waals surface area contributed by atoms with E-state index in [1.54, 1.807) is 59.1 Å². The standard InChI is InChI=1S/C30H28N4O4S3.ClH/c1-3-34-17-16-23-26(18-34)40-30(27(23)29-31-24-6-4-5-7-25(24)39-29)32-28(35)19-8-10-20(11-9-19)33-41(36,37)22-14-12-21(38-2)13-15-22;/h4-15,33H,3,16-18H2,1-2H3,(H,32,35);1H. The SMILES string of the molecule is CCN1CCc2c(sc(NC(=O)c3ccc(NS(=O)(=O)c4ccc(OC)cc4)cc3)c2-c2nc3ccccc3s2)C1.Cl. The molecule has 218 valence electrons. The van der Waals surface area contributed by atoms with Crippen molar-refractivity contribution in [1.82, 2.24) is 9.88 Å². The van der Waals surface area contributed by atoms with E-state index >= 15 is 0 Å². The summed E-state index contributed by atoms with van der Waals surface area (Å²) in [6, 6.07) is 20.6. The van der Waals surface area contributed by atoms with E-state index in [1.807, 2.05) is 18.2 Å². The molecular weight excluding hydrogens is 612 g/mol. The summed E-state index contributed by atoms with van der Waals surface area (Å²) >= 11 is 3.25. The molecule has 8 nitrogen and oxygen atoms in total. The zero-order valence-corrected chi connectivity index (χ0v) is 26.2. The molecule has 3 heterocycles. The summed E-state index contributed by atoms with van der Waals surface area (Å²) in [6.07, 6.45) is 0.907. The third-order valence-corrected chi connectivity index (χ3v) is 10.7. The van der Waals surface area contributed by atoms with Gasteiger partial charge in [0.2, 0.25) is 0 Å². The maximum Gasteiger partial charge on any atom is 0.261 e. The van der Waals surface area contributed by atoms with Crippen LogP contribution < -0.4 is 14.8 Å². The summed E-state index contributed by atoms with van der Waals surface area (Å²) < 4.78 is 34.4. The van der Waals surface area contributed by atoms with Crippen molar-refractivity contribution in [2.75, 3.05) is 30.2 Å². The van der Waals surface area contributed by atoms with Crippen LogP contribution in [0.3, 0.4) is 0 Å². The topological polar surface area (TPSA) is 101 Å². The van der Waals surface area contributed by atoms with Crippen LogP contribution in [-0.2, 0) is 23.0 Å². The molecule has 0 aliphatic carbocycles. The zero-order chi connectivity index (χ0) is 28.6. The summed E-state index contributed by atoms with van der Waals surface area (Å²) in [6.45, 7) is 4.97. The second-order valence-electron chi connectivity index (χ2n) is 9.63. The molecule has 0 bridgehead atoms. The van der Waals surface area contributed by atoms with E-state index in [0.29, 0.717) is 17.0 Å². The number of halogens is 1. The number of hydrogen-bond acceptors (Lipinski definition) is 8. The normalized spacial score (nSPS) is 13.3. The van der Waals surface area contributed by atoms with E-state index in [4.69, 9.17) is 9.72 Å². The number of thiophene rings is 1. The van der Waals surface area contributed by atoms with Crippen LogP contribution >= 0.6 is 35.1 Å². The average Bonchev–Trinajstić information content (AvgIpc) is 3.57. The monoisotopic (exact) mass is 640 g/mol. The zero-order valence-electron chi connectivity index (χ0n) is 22.9. The lowest BCUT2D eigenvalue weighted by atomic mass is 10.0. The number of sulfonamides is 1. The first-order valence-electron chi connectivity index (χ1n) is 13.2. The summed E-state index contributed by atoms with van der Waals surface area (Å²) in [4.78, 5) is 22.1. The number of carbonyl (C=O) groups is 1. The number of nitrogens with zero attached hydrogens (tertiary/aromatic N) is 2. The Bertz CT molecular complexity index is 1800. The first-order chi connectivity index (χ1) is 19.8. The van der Waals surface area contributed by atoms with Gasteiger partial charge in [-0.15, -0.1) is 35.1 Å². The number of amides is 1. The highest BCUT2D eigenvalue weighted by Gasteiger charge is 2.27. The van der Waals surface area contributed by atoms with Crippen molar-refractivity contribution in [1.29, 1.82) is 0 Å². The van der Waals surface area contributed by atoms with Gasteiger partial charge in [0.15, 0.2) is 0 Å². The molecule has 2 aromatic heterocycles. The third kappa shape index (κ3) is 6.02. The minimum Gasteiger partial charge on any atom is -0.497 e. The van der Waals surface area contributed by atoms with Crippen molar-refractivity contribution >= 4 is 71.9 Å². The number of thiazole rings is 1. The number of benzene rings is 3. The van der Waals surface area contributed by atoms with Gasteiger partial charge in [0.25, 0.3) is 15.9 Å². The molecule has 0 spiro atoms. The Labute approximate surface area is 258 Å². The highest BCUT2D eigenvalue weighted by Crippen LogP contribution is 2.45. The van der Waals surface area contributed by atoms with E-state index in [1.165, 1.54) is 29.7 Å². The Balaban J connectivity index is 0.00000353. The molecule has 12 heteroatoms. The molecule has 0 fully saturated rings. The Morgan fingerprint density at radius 1 is 1.02 bits per heavy atom. The van der Waals surface area contributed by atoms with Crippen molar-refractivity contribution in [2.45, 2.75) is 24.8 Å². The van der Waals surface area contributed by atoms with Crippen molar-refractivity contribution < 1.29 is 17.9 Å². The van der Waals surface area contributed by atoms with Crippen LogP contribution in [0.1, 0.15) is 27.7 Å². The second-order valence-corrected chi connectivity index (χ2v) is 13.4. The van der Waals surface area contributed by atoms with E-state index < -0.39 is 10.0 Å². The predicted molar refractivity (Wildman–Crippen MR) is 173 cm³/mol. The van der Waals surface area contributed by atoms with E-state index in [-0.39, 0.29) is 23.2 Å². The van der Waals surface area contributed by atoms with Crippen molar-refractivity contribution in [3.63, 3.8) is 0 Å². The average molecular weight is 641 g/mol. The number of carbonyl (C=O) groups excluding carboxylic acids is 1. The fourth-order valence-electron chi connectivity index (χ4n) is 4.85. The molecule has 1 amide bonds. The number of para-hydroxylation sites is 1. The first kappa shape index (κ1) is 30.0. The van der Waals surface area contributed by atoms with Crippen molar-refractivity contribution in [2.24, 2.45) is 0 Å². The van der Waals surface area contributed by atoms with Crippen LogP contribution in [-0.4, -0.2) is 44.4 Å². The lowest BCUT2D eigenvalue weighted by molar-refractivity contribution is 0.102. The van der Waals surface area contributed by atoms with Gasteiger partial charge >= 0.3 is 0 Å². The lowest BCUT2D eigenvalue weighted by Gasteiger charge is -2.25. The number of hydrogen-bond donors (Lipinski definition) is 2. The number of fused-ring (bicyclic) bond motifs is 2. The van der Waals surface area contributed by atoms with Gasteiger partial charge in [-0.25, -0.2) is 13.4 Å². The Hall–Kier alpha value is -3.48. The highest BCUT2D eigenvalue weighted by molar-refractivity contribution is 7.92. The Kier molecular flexibility index (Phi) is 8.86. The molecule has 1 aliphatic heterocycles. The van der Waals surface area contributed by atoms with Gasteiger partial charge in [0.05, 0.1) is 22.2 Å². The molecule has 0 unspecified atom stereocenters. The number of ether oxygens (including phenoxy) is 1. The molecule has 42 heavy (non-hydrogen) atoms. The highest BCUT2D eigenvalue weighted by atomic mass is 35.5. The smallest absolute Gasteiger partial charge is 0.261 e. The molecule has 2 N–H and O–H groups in total. The molecule has 5 aromatic rings. The van der Waals surface area contributed by atoms with Gasteiger partial charge < -0.3 is 10.1 Å². The van der Waals surface area contributed by atoms with E-state index in [0.717, 1.165) is 51.8 Å². The molecule has 1 aliphatic rings. The van der Waals surface area contributed by atoms with Crippen LogP contribution in [0, 0.1) is 0 Å². The molecule has 0 atom stereocenters. The van der Waals surface area contributed by atoms with Gasteiger partial charge in [0.1, 0.15) is 15.8 Å². The van der Waals surface area contributed by atoms with Crippen molar-refractivity contribution in [3.05, 3.63) is 88.8 Å². The number of rotatable bonds is 8. The summed E-state index contributed by atoms with van der Waals surface area (Å²) in [5, 5.41) is 4.84. The Morgan fingerprint density at radius 3 is 2.45 bits per heavy atom. The quantitative estimate of drug-likeness (QED) is 0.192. The molecule has 0 radical (unpaired) electrons. The summed E-state index contributed by atoms with van der Waals surface area (Å²) in [5.74, 6) is 0.308. The van der Waals surface area contributed by atoms with E-state index in [9.17, 15) is 13.2 Å². The number of likely N-dealkylation sites (N-methyl/N-ethyl adjacent to an activating group) is 1. The minimum atomic E-state index is -3.79. The number of anilines is 2. The number of methoxy groups -OCH3 is 1. The first-order valence-corrected chi connectivity index (χ1v) is 16.3. The molecule has 0 saturated heterocycles. The number of aromatic nitrogens is 1. The fourth-order valence-corrected chi connectivity index (χ4v) is 8.31. The van der Waals surface area contributed by atoms with Gasteiger partial charge in [-0.2, -0.15) is 0 Å². The van der Waals surface area contributed by atoms with Crippen LogP contribution in [0.5, 0.6) is 5.75 Å². The second kappa shape index (κ2) is 12.4. The maximum absolute atomic E-state index is 13.4. The van der Waals surface area contributed by atoms with Crippen LogP contribution in [0.15, 0.2) is 77.7 Å². The summed E-state index contributed by atoms with van der Waals surface area (Å²) in [7, 11) is -2.27. The van der Waals surface area contributed by atoms with E-state index in [2.05, 4.69) is 27.9 Å². The third-order valence-electron chi connectivity index (χ3n) is 7.09. The minimum absolute atomic E-state index is 0. The molecule has 3 aromatic carbocycles. The molecule has 6 rings (SSSR count). The van der Waals surface area contributed by atoms with Gasteiger partial charge in [-0.3, -0.25) is 14.4 Å². The van der Waals surface area contributed by atoms with Crippen LogP contribution in [0.2, 0.25) is 0 Å². The molecule has 0 saturated carbocycles.